The number of fused-ring (bicyclic) bond motifs is 2. The topological polar surface area (TPSA) is 119 Å². The first-order valence-corrected chi connectivity index (χ1v) is 13.0. The molecule has 1 fully saturated rings. The maximum absolute atomic E-state index is 13.0. The number of pyridine rings is 1. The van der Waals surface area contributed by atoms with Crippen molar-refractivity contribution in [3.63, 3.8) is 0 Å². The molecule has 35 heavy (non-hydrogen) atoms. The van der Waals surface area contributed by atoms with Crippen LogP contribution < -0.4 is 5.32 Å². The summed E-state index contributed by atoms with van der Waals surface area (Å²) in [6.45, 7) is 6.63. The van der Waals surface area contributed by atoms with Crippen LogP contribution in [0.5, 0.6) is 0 Å². The van der Waals surface area contributed by atoms with Crippen molar-refractivity contribution in [2.45, 2.75) is 58.5 Å². The van der Waals surface area contributed by atoms with Gasteiger partial charge in [-0.15, -0.1) is 11.3 Å². The fourth-order valence-electron chi connectivity index (χ4n) is 6.13. The predicted molar refractivity (Wildman–Crippen MR) is 134 cm³/mol. The fraction of sp³-hybridized carbons (Fsp3) is 0.577. The van der Waals surface area contributed by atoms with E-state index in [4.69, 9.17) is 10.2 Å². The molecule has 6 atom stereocenters. The number of aliphatic hydroxyl groups is 1. The van der Waals surface area contributed by atoms with Gasteiger partial charge in [0.1, 0.15) is 0 Å². The molecule has 9 heteroatoms. The highest BCUT2D eigenvalue weighted by Crippen LogP contribution is 2.57. The number of hydrogen-bond donors (Lipinski definition) is 2. The number of carbonyl (C=O) groups excluding carboxylic acids is 2. The van der Waals surface area contributed by atoms with Gasteiger partial charge in [0, 0.05) is 48.3 Å². The number of nitrogens with zero attached hydrogens (tertiary/aromatic N) is 4. The van der Waals surface area contributed by atoms with E-state index in [1.165, 1.54) is 11.3 Å². The zero-order valence-electron chi connectivity index (χ0n) is 20.7. The van der Waals surface area contributed by atoms with Gasteiger partial charge in [-0.2, -0.15) is 5.26 Å². The van der Waals surface area contributed by atoms with E-state index in [0.717, 1.165) is 29.8 Å². The van der Waals surface area contributed by atoms with E-state index >= 15 is 0 Å². The summed E-state index contributed by atoms with van der Waals surface area (Å²) in [4.78, 5) is 37.1. The number of aliphatic hydroxyl groups excluding tert-OH is 1. The van der Waals surface area contributed by atoms with Gasteiger partial charge in [-0.05, 0) is 48.6 Å². The van der Waals surface area contributed by atoms with Crippen LogP contribution in [-0.2, 0) is 11.2 Å². The number of amides is 2. The molecular formula is C26H33N5O3S. The summed E-state index contributed by atoms with van der Waals surface area (Å²) in [6.07, 6.45) is 5.33. The first-order valence-electron chi connectivity index (χ1n) is 12.2. The molecule has 186 valence electrons. The normalized spacial score (nSPS) is 28.2. The number of thiazole rings is 1. The molecule has 2 aromatic heterocycles. The molecule has 8 nitrogen and oxygen atoms in total. The molecule has 1 saturated carbocycles. The Hall–Kier alpha value is -2.83. The van der Waals surface area contributed by atoms with Crippen LogP contribution in [0.3, 0.4) is 0 Å². The van der Waals surface area contributed by atoms with Crippen LogP contribution >= 0.6 is 11.3 Å². The number of carbonyl (C=O) groups is 2. The second kappa shape index (κ2) is 10.0. The van der Waals surface area contributed by atoms with Crippen molar-refractivity contribution in [2.75, 3.05) is 18.9 Å². The molecule has 2 amide bonds. The number of anilines is 1. The number of rotatable bonds is 6. The van der Waals surface area contributed by atoms with Crippen molar-refractivity contribution >= 4 is 28.3 Å². The summed E-state index contributed by atoms with van der Waals surface area (Å²) < 4.78 is 0. The summed E-state index contributed by atoms with van der Waals surface area (Å²) in [5.74, 6) is -0.729. The highest BCUT2D eigenvalue weighted by atomic mass is 32.1. The van der Waals surface area contributed by atoms with Gasteiger partial charge < -0.3 is 10.0 Å². The Bertz CT molecular complexity index is 1130. The molecule has 0 aliphatic heterocycles. The molecule has 0 radical (unpaired) electrons. The smallest absolute Gasteiger partial charge is 0.257 e. The molecule has 4 rings (SSSR count). The number of nitrogens with one attached hydrogen (secondary N) is 1. The van der Waals surface area contributed by atoms with Gasteiger partial charge in [0.25, 0.3) is 5.91 Å². The molecule has 2 aliphatic carbocycles. The largest absolute Gasteiger partial charge is 0.392 e. The van der Waals surface area contributed by atoms with Gasteiger partial charge in [-0.1, -0.05) is 20.8 Å². The molecule has 2 heterocycles. The second-order valence-corrected chi connectivity index (χ2v) is 11.4. The van der Waals surface area contributed by atoms with Crippen LogP contribution in [0, 0.1) is 34.5 Å². The van der Waals surface area contributed by atoms with Crippen molar-refractivity contribution in [1.82, 2.24) is 14.9 Å². The summed E-state index contributed by atoms with van der Waals surface area (Å²) >= 11 is 1.51. The molecule has 0 aromatic carbocycles. The van der Waals surface area contributed by atoms with Gasteiger partial charge in [-0.25, -0.2) is 4.98 Å². The Morgan fingerprint density at radius 3 is 2.80 bits per heavy atom. The molecule has 0 bridgehead atoms. The second-order valence-electron chi connectivity index (χ2n) is 10.3. The predicted octanol–water partition coefficient (Wildman–Crippen LogP) is 3.85. The van der Waals surface area contributed by atoms with Crippen LogP contribution in [-0.4, -0.2) is 51.5 Å². The Balaban J connectivity index is 1.52. The Morgan fingerprint density at radius 1 is 1.40 bits per heavy atom. The maximum Gasteiger partial charge on any atom is 0.257 e. The third-order valence-electron chi connectivity index (χ3n) is 8.05. The van der Waals surface area contributed by atoms with Gasteiger partial charge in [-0.3, -0.25) is 19.9 Å². The first kappa shape index (κ1) is 25.3. The van der Waals surface area contributed by atoms with Crippen molar-refractivity contribution in [3.05, 3.63) is 40.7 Å². The van der Waals surface area contributed by atoms with Crippen molar-refractivity contribution in [1.29, 1.82) is 5.26 Å². The molecule has 0 saturated heterocycles. The molecule has 2 N–H and O–H groups in total. The molecule has 2 aromatic rings. The number of nitriles is 1. The van der Waals surface area contributed by atoms with E-state index in [0.29, 0.717) is 23.7 Å². The maximum atomic E-state index is 13.0. The van der Waals surface area contributed by atoms with Crippen molar-refractivity contribution < 1.29 is 14.7 Å². The molecule has 1 unspecified atom stereocenters. The lowest BCUT2D eigenvalue weighted by Gasteiger charge is -2.53. The number of hydrogen-bond acceptors (Lipinski definition) is 7. The molecule has 2 aliphatic rings. The summed E-state index contributed by atoms with van der Waals surface area (Å²) in [7, 11) is 1.72. The zero-order valence-corrected chi connectivity index (χ0v) is 21.5. The lowest BCUT2D eigenvalue weighted by molar-refractivity contribution is -0.143. The number of aromatic nitrogens is 2. The van der Waals surface area contributed by atoms with Gasteiger partial charge in [0.2, 0.25) is 5.91 Å². The standard InChI is InChI=1S/C26H33N5O3S/c1-15(24(34)31(4)13-5-10-27)18-6-9-26(3)14-19-21(16(2)20(26)22(18)32)29-25(35-19)30-23(33)17-7-11-28-12-8-17/h7-8,11-12,15-16,18,20,22,32H,5-6,9,13-14H2,1-4H3,(H,29,30,33)/t15-,16-,18?,20+,22-,26-/m0/s1. The average molecular weight is 496 g/mol. The van der Waals surface area contributed by atoms with E-state index in [1.807, 2.05) is 6.92 Å². The Kier molecular flexibility index (Phi) is 7.25. The SMILES string of the molecule is C[C@H](C(=O)N(C)CCC#N)C1CC[C@@]2(C)Cc3sc(NC(=O)c4ccncc4)nc3[C@@H](C)[C@@H]2[C@H]1O. The third-order valence-corrected chi connectivity index (χ3v) is 9.04. The molecular weight excluding hydrogens is 462 g/mol. The van der Waals surface area contributed by atoms with E-state index < -0.39 is 6.10 Å². The quantitative estimate of drug-likeness (QED) is 0.628. The summed E-state index contributed by atoms with van der Waals surface area (Å²) in [5, 5.41) is 23.9. The highest BCUT2D eigenvalue weighted by molar-refractivity contribution is 7.15. The van der Waals surface area contributed by atoms with E-state index in [9.17, 15) is 14.7 Å². The van der Waals surface area contributed by atoms with Crippen LogP contribution in [0.4, 0.5) is 5.13 Å². The van der Waals surface area contributed by atoms with Gasteiger partial charge in [0.15, 0.2) is 5.13 Å². The summed E-state index contributed by atoms with van der Waals surface area (Å²) in [6, 6.07) is 5.41. The molecule has 0 spiro atoms. The zero-order chi connectivity index (χ0) is 25.3. The van der Waals surface area contributed by atoms with Crippen LogP contribution in [0.2, 0.25) is 0 Å². The van der Waals surface area contributed by atoms with Crippen LogP contribution in [0.25, 0.3) is 0 Å². The Morgan fingerprint density at radius 2 is 2.11 bits per heavy atom. The fourth-order valence-corrected chi connectivity index (χ4v) is 7.39. The minimum Gasteiger partial charge on any atom is -0.392 e. The lowest BCUT2D eigenvalue weighted by Crippen LogP contribution is -2.53. The van der Waals surface area contributed by atoms with Crippen molar-refractivity contribution in [2.24, 2.45) is 23.2 Å². The van der Waals surface area contributed by atoms with Crippen LogP contribution in [0.1, 0.15) is 66.9 Å². The van der Waals surface area contributed by atoms with E-state index in [-0.39, 0.29) is 40.9 Å². The monoisotopic (exact) mass is 495 g/mol. The van der Waals surface area contributed by atoms with E-state index in [2.05, 4.69) is 30.2 Å². The van der Waals surface area contributed by atoms with Gasteiger partial charge in [0.05, 0.1) is 24.3 Å². The highest BCUT2D eigenvalue weighted by Gasteiger charge is 2.54. The lowest BCUT2D eigenvalue weighted by atomic mass is 9.53. The minimum atomic E-state index is -0.628. The third kappa shape index (κ3) is 4.82. The average Bonchev–Trinajstić information content (AvgIpc) is 3.24. The first-order chi connectivity index (χ1) is 16.7. The van der Waals surface area contributed by atoms with Crippen molar-refractivity contribution in [3.8, 4) is 6.07 Å². The van der Waals surface area contributed by atoms with Gasteiger partial charge >= 0.3 is 0 Å². The summed E-state index contributed by atoms with van der Waals surface area (Å²) in [5.41, 5.74) is 1.36. The Labute approximate surface area is 210 Å². The van der Waals surface area contributed by atoms with Crippen LogP contribution in [0.15, 0.2) is 24.5 Å². The van der Waals surface area contributed by atoms with E-state index in [1.54, 1.807) is 36.5 Å². The minimum absolute atomic E-state index is 0.00278.